The van der Waals surface area contributed by atoms with Crippen LogP contribution in [0.3, 0.4) is 0 Å². The van der Waals surface area contributed by atoms with Crippen LogP contribution >= 0.6 is 15.9 Å². The molecule has 1 aliphatic rings. The van der Waals surface area contributed by atoms with Crippen LogP contribution in [0.1, 0.15) is 31.7 Å². The number of anilines is 1. The third-order valence-corrected chi connectivity index (χ3v) is 3.44. The monoisotopic (exact) mass is 295 g/mol. The molecular formula is C13H14BrNO2. The highest BCUT2D eigenvalue weighted by Gasteiger charge is 2.28. The summed E-state index contributed by atoms with van der Waals surface area (Å²) in [6, 6.07) is 5.66. The van der Waals surface area contributed by atoms with Crippen molar-refractivity contribution in [3.63, 3.8) is 0 Å². The SMILES string of the molecule is CCc1cc(Br)ccc1N1C(=O)CCCC1=O. The lowest BCUT2D eigenvalue weighted by Gasteiger charge is -2.26. The van der Waals surface area contributed by atoms with Crippen molar-refractivity contribution in [3.8, 4) is 0 Å². The van der Waals surface area contributed by atoms with E-state index in [1.807, 2.05) is 25.1 Å². The standard InChI is InChI=1S/C13H14BrNO2/c1-2-9-8-10(14)6-7-11(9)15-12(16)4-3-5-13(15)17/h6-8H,2-5H2,1H3. The van der Waals surface area contributed by atoms with Crippen molar-refractivity contribution >= 4 is 33.4 Å². The lowest BCUT2D eigenvalue weighted by molar-refractivity contribution is -0.129. The summed E-state index contributed by atoms with van der Waals surface area (Å²) in [6.45, 7) is 2.02. The van der Waals surface area contributed by atoms with Crippen LogP contribution in [-0.2, 0) is 16.0 Å². The Morgan fingerprint density at radius 1 is 1.24 bits per heavy atom. The van der Waals surface area contributed by atoms with E-state index in [0.29, 0.717) is 19.3 Å². The Bertz CT molecular complexity index is 454. The zero-order chi connectivity index (χ0) is 12.4. The van der Waals surface area contributed by atoms with Crippen LogP contribution in [0.15, 0.2) is 22.7 Å². The lowest BCUT2D eigenvalue weighted by atomic mass is 10.0. The predicted molar refractivity (Wildman–Crippen MR) is 69.9 cm³/mol. The van der Waals surface area contributed by atoms with Crippen molar-refractivity contribution in [2.24, 2.45) is 0 Å². The van der Waals surface area contributed by atoms with E-state index in [2.05, 4.69) is 15.9 Å². The molecule has 1 aliphatic heterocycles. The number of hydrogen-bond acceptors (Lipinski definition) is 2. The van der Waals surface area contributed by atoms with Crippen molar-refractivity contribution in [3.05, 3.63) is 28.2 Å². The highest BCUT2D eigenvalue weighted by atomic mass is 79.9. The molecule has 1 aromatic carbocycles. The van der Waals surface area contributed by atoms with Gasteiger partial charge in [0.15, 0.2) is 0 Å². The van der Waals surface area contributed by atoms with Gasteiger partial charge in [-0.2, -0.15) is 0 Å². The summed E-state index contributed by atoms with van der Waals surface area (Å²) in [4.78, 5) is 25.0. The predicted octanol–water partition coefficient (Wildman–Crippen LogP) is 3.06. The second kappa shape index (κ2) is 5.00. The molecule has 0 unspecified atom stereocenters. The number of imide groups is 1. The van der Waals surface area contributed by atoms with Crippen molar-refractivity contribution in [2.75, 3.05) is 4.90 Å². The molecule has 3 nitrogen and oxygen atoms in total. The molecule has 0 aliphatic carbocycles. The van der Waals surface area contributed by atoms with Crippen molar-refractivity contribution in [1.29, 1.82) is 0 Å². The van der Waals surface area contributed by atoms with Gasteiger partial charge in [0.25, 0.3) is 0 Å². The first-order valence-corrected chi connectivity index (χ1v) is 6.57. The van der Waals surface area contributed by atoms with Gasteiger partial charge in [0.2, 0.25) is 11.8 Å². The molecule has 0 saturated carbocycles. The quantitative estimate of drug-likeness (QED) is 0.787. The molecule has 0 bridgehead atoms. The molecule has 0 spiro atoms. The summed E-state index contributed by atoms with van der Waals surface area (Å²) < 4.78 is 0.968. The summed E-state index contributed by atoms with van der Waals surface area (Å²) in [5, 5.41) is 0. The first kappa shape index (κ1) is 12.3. The van der Waals surface area contributed by atoms with Crippen LogP contribution in [0.25, 0.3) is 0 Å². The number of halogens is 1. The fraction of sp³-hybridized carbons (Fsp3) is 0.385. The molecule has 90 valence electrons. The minimum absolute atomic E-state index is 0.0849. The van der Waals surface area contributed by atoms with Gasteiger partial charge < -0.3 is 0 Å². The summed E-state index contributed by atoms with van der Waals surface area (Å²) in [5.41, 5.74) is 1.76. The van der Waals surface area contributed by atoms with Gasteiger partial charge in [0.1, 0.15) is 0 Å². The fourth-order valence-corrected chi connectivity index (χ4v) is 2.49. The molecule has 1 fully saturated rings. The molecule has 1 aromatic rings. The molecule has 0 aromatic heterocycles. The van der Waals surface area contributed by atoms with Crippen molar-refractivity contribution in [1.82, 2.24) is 0 Å². The Kier molecular flexibility index (Phi) is 3.62. The Balaban J connectivity index is 2.44. The minimum Gasteiger partial charge on any atom is -0.274 e. The smallest absolute Gasteiger partial charge is 0.233 e. The first-order chi connectivity index (χ1) is 8.13. The maximum atomic E-state index is 11.9. The molecule has 0 N–H and O–H groups in total. The molecule has 2 amide bonds. The van der Waals surface area contributed by atoms with Gasteiger partial charge in [-0.25, -0.2) is 0 Å². The van der Waals surface area contributed by atoms with Gasteiger partial charge in [0.05, 0.1) is 5.69 Å². The minimum atomic E-state index is -0.0849. The summed E-state index contributed by atoms with van der Waals surface area (Å²) in [5.74, 6) is -0.170. The van der Waals surface area contributed by atoms with Crippen LogP contribution in [0.5, 0.6) is 0 Å². The van der Waals surface area contributed by atoms with Gasteiger partial charge in [-0.05, 0) is 36.6 Å². The zero-order valence-electron chi connectivity index (χ0n) is 9.70. The van der Waals surface area contributed by atoms with E-state index in [1.165, 1.54) is 4.90 Å². The van der Waals surface area contributed by atoms with E-state index >= 15 is 0 Å². The highest BCUT2D eigenvalue weighted by Crippen LogP contribution is 2.28. The van der Waals surface area contributed by atoms with E-state index in [0.717, 1.165) is 22.1 Å². The van der Waals surface area contributed by atoms with Crippen LogP contribution in [0.2, 0.25) is 0 Å². The number of carbonyl (C=O) groups is 2. The van der Waals surface area contributed by atoms with Crippen LogP contribution in [0.4, 0.5) is 5.69 Å². The van der Waals surface area contributed by atoms with Gasteiger partial charge >= 0.3 is 0 Å². The van der Waals surface area contributed by atoms with E-state index in [1.54, 1.807) is 0 Å². The van der Waals surface area contributed by atoms with Crippen molar-refractivity contribution < 1.29 is 9.59 Å². The molecule has 1 saturated heterocycles. The molecule has 17 heavy (non-hydrogen) atoms. The van der Waals surface area contributed by atoms with Crippen LogP contribution < -0.4 is 4.90 Å². The number of rotatable bonds is 2. The number of piperidine rings is 1. The maximum absolute atomic E-state index is 11.9. The Hall–Kier alpha value is -1.16. The normalized spacial score (nSPS) is 16.5. The molecule has 0 atom stereocenters. The Labute approximate surface area is 109 Å². The van der Waals surface area contributed by atoms with Gasteiger partial charge in [0, 0.05) is 17.3 Å². The lowest BCUT2D eigenvalue weighted by Crippen LogP contribution is -2.40. The highest BCUT2D eigenvalue weighted by molar-refractivity contribution is 9.10. The average molecular weight is 296 g/mol. The van der Waals surface area contributed by atoms with E-state index < -0.39 is 0 Å². The second-order valence-electron chi connectivity index (χ2n) is 4.10. The Morgan fingerprint density at radius 3 is 2.47 bits per heavy atom. The van der Waals surface area contributed by atoms with Gasteiger partial charge in [-0.1, -0.05) is 22.9 Å². The molecule has 4 heteroatoms. The van der Waals surface area contributed by atoms with Crippen LogP contribution in [-0.4, -0.2) is 11.8 Å². The number of amides is 2. The number of benzene rings is 1. The van der Waals surface area contributed by atoms with Crippen molar-refractivity contribution in [2.45, 2.75) is 32.6 Å². The third-order valence-electron chi connectivity index (χ3n) is 2.94. The zero-order valence-corrected chi connectivity index (χ0v) is 11.3. The third kappa shape index (κ3) is 2.41. The summed E-state index contributed by atoms with van der Waals surface area (Å²) in [6.07, 6.45) is 2.40. The van der Waals surface area contributed by atoms with Gasteiger partial charge in [-0.15, -0.1) is 0 Å². The molecular weight excluding hydrogens is 282 g/mol. The molecule has 0 radical (unpaired) electrons. The summed E-state index contributed by atoms with van der Waals surface area (Å²) in [7, 11) is 0. The van der Waals surface area contributed by atoms with E-state index in [-0.39, 0.29) is 11.8 Å². The number of aryl methyl sites for hydroxylation is 1. The number of carbonyl (C=O) groups excluding carboxylic acids is 2. The molecule has 1 heterocycles. The maximum Gasteiger partial charge on any atom is 0.233 e. The Morgan fingerprint density at radius 2 is 1.88 bits per heavy atom. The first-order valence-electron chi connectivity index (χ1n) is 5.77. The van der Waals surface area contributed by atoms with Gasteiger partial charge in [-0.3, -0.25) is 14.5 Å². The van der Waals surface area contributed by atoms with E-state index in [9.17, 15) is 9.59 Å². The second-order valence-corrected chi connectivity index (χ2v) is 5.02. The number of nitrogens with zero attached hydrogens (tertiary/aromatic N) is 1. The fourth-order valence-electron chi connectivity index (χ4n) is 2.08. The summed E-state index contributed by atoms with van der Waals surface area (Å²) >= 11 is 3.40. The largest absolute Gasteiger partial charge is 0.274 e. The van der Waals surface area contributed by atoms with E-state index in [4.69, 9.17) is 0 Å². The number of hydrogen-bond donors (Lipinski definition) is 0. The molecule has 2 rings (SSSR count). The topological polar surface area (TPSA) is 37.4 Å². The average Bonchev–Trinajstić information content (AvgIpc) is 2.30. The van der Waals surface area contributed by atoms with Crippen LogP contribution in [0, 0.1) is 0 Å².